The largest absolute Gasteiger partial charge is 0.505 e. The number of aromatic hydroxyl groups is 1. The van der Waals surface area contributed by atoms with E-state index in [2.05, 4.69) is 44.2 Å². The molecule has 0 radical (unpaired) electrons. The Morgan fingerprint density at radius 1 is 0.611 bits per heavy atom. The minimum Gasteiger partial charge on any atom is -0.505 e. The van der Waals surface area contributed by atoms with E-state index in [0.717, 1.165) is 24.3 Å². The van der Waals surface area contributed by atoms with E-state index in [1.165, 1.54) is 78.7 Å². The average molecular weight is 1120 g/mol. The molecule has 72 heavy (non-hydrogen) atoms. The van der Waals surface area contributed by atoms with Crippen molar-refractivity contribution >= 4 is 118 Å². The summed E-state index contributed by atoms with van der Waals surface area (Å²) in [6.07, 6.45) is 0. The van der Waals surface area contributed by atoms with Crippen LogP contribution in [0.25, 0.3) is 10.8 Å². The average Bonchev–Trinajstić information content (AvgIpc) is 3.27. The predicted octanol–water partition coefficient (Wildman–Crippen LogP) is 4.48. The summed E-state index contributed by atoms with van der Waals surface area (Å²) in [6, 6.07) is 18.3. The number of azo groups is 1. The SMILES string of the molecule is CCN(c1cccc(S(=O)(=O)CCOS(=O)(=O)O)c1)c1nc(Nc2cccc(S(=O)(=O)CCOS(=O)(=O)O)c2)nc(Nc2ccc3c(O)c(N=Nc4ccc(OC)cc4S(=O)(=O)O)c(S(=O)(=O)O)cc3c2)n1. The van der Waals surface area contributed by atoms with Crippen molar-refractivity contribution in [2.75, 3.05) is 53.9 Å². The first-order valence-electron chi connectivity index (χ1n) is 19.8. The Bertz CT molecular complexity index is 3810. The third-order valence-electron chi connectivity index (χ3n) is 9.58. The van der Waals surface area contributed by atoms with Crippen LogP contribution < -0.4 is 20.3 Å². The van der Waals surface area contributed by atoms with Crippen molar-refractivity contribution < 1.29 is 86.9 Å². The molecule has 0 saturated heterocycles. The van der Waals surface area contributed by atoms with Gasteiger partial charge in [-0.25, -0.2) is 25.2 Å². The molecule has 0 aliphatic rings. The van der Waals surface area contributed by atoms with Crippen LogP contribution in [-0.4, -0.2) is 127 Å². The first-order chi connectivity index (χ1) is 33.5. The molecule has 1 heterocycles. The summed E-state index contributed by atoms with van der Waals surface area (Å²) in [4.78, 5) is 12.3. The number of phenolic OH excluding ortho intramolecular Hbond substituents is 1. The molecule has 0 unspecified atom stereocenters. The number of hydrogen-bond acceptors (Lipinski definition) is 24. The maximum absolute atomic E-state index is 13.2. The molecule has 0 bridgehead atoms. The molecule has 0 aliphatic heterocycles. The first-order valence-corrected chi connectivity index (χ1v) is 28.7. The second-order valence-corrected chi connectivity index (χ2v) is 23.6. The number of benzene rings is 5. The Kier molecular flexibility index (Phi) is 16.2. The van der Waals surface area contributed by atoms with E-state index in [4.69, 9.17) is 13.8 Å². The molecule has 0 saturated carbocycles. The van der Waals surface area contributed by atoms with Gasteiger partial charge in [0.25, 0.3) is 20.2 Å². The Morgan fingerprint density at radius 3 is 1.71 bits per heavy atom. The zero-order chi connectivity index (χ0) is 53.0. The van der Waals surface area contributed by atoms with E-state index >= 15 is 0 Å². The molecule has 28 nitrogen and oxygen atoms in total. The number of rotatable bonds is 22. The van der Waals surface area contributed by atoms with E-state index in [9.17, 15) is 64.7 Å². The molecule has 0 spiro atoms. The van der Waals surface area contributed by atoms with Gasteiger partial charge in [0.2, 0.25) is 17.8 Å². The summed E-state index contributed by atoms with van der Waals surface area (Å²) >= 11 is 0. The van der Waals surface area contributed by atoms with Gasteiger partial charge in [0.15, 0.2) is 25.4 Å². The minimum absolute atomic E-state index is 0.00352. The maximum atomic E-state index is 13.2. The number of nitrogens with one attached hydrogen (secondary N) is 2. The van der Waals surface area contributed by atoms with Gasteiger partial charge in [-0.15, -0.1) is 10.2 Å². The summed E-state index contributed by atoms with van der Waals surface area (Å²) in [5.41, 5.74) is -1.04. The van der Waals surface area contributed by atoms with E-state index in [1.807, 2.05) is 0 Å². The highest BCUT2D eigenvalue weighted by molar-refractivity contribution is 7.91. The van der Waals surface area contributed by atoms with Crippen molar-refractivity contribution in [3.05, 3.63) is 91.0 Å². The van der Waals surface area contributed by atoms with Crippen molar-refractivity contribution in [1.29, 1.82) is 0 Å². The number of fused-ring (bicyclic) bond motifs is 1. The lowest BCUT2D eigenvalue weighted by Gasteiger charge is -2.23. The van der Waals surface area contributed by atoms with Crippen LogP contribution in [-0.2, 0) is 69.1 Å². The second-order valence-electron chi connectivity index (χ2n) is 14.4. The fourth-order valence-electron chi connectivity index (χ4n) is 6.38. The molecular formula is C38H38N8O20S6. The van der Waals surface area contributed by atoms with Crippen molar-refractivity contribution in [3.8, 4) is 11.5 Å². The third kappa shape index (κ3) is 14.1. The summed E-state index contributed by atoms with van der Waals surface area (Å²) < 4.78 is 197. The lowest BCUT2D eigenvalue weighted by Crippen LogP contribution is -2.21. The normalized spacial score (nSPS) is 12.8. The highest BCUT2D eigenvalue weighted by Gasteiger charge is 2.25. The van der Waals surface area contributed by atoms with E-state index < -0.39 is 112 Å². The van der Waals surface area contributed by atoms with Crippen LogP contribution in [0.3, 0.4) is 0 Å². The van der Waals surface area contributed by atoms with Gasteiger partial charge in [0, 0.05) is 35.1 Å². The third-order valence-corrected chi connectivity index (χ3v) is 15.6. The maximum Gasteiger partial charge on any atom is 0.397 e. The fourth-order valence-corrected chi connectivity index (χ4v) is 10.7. The van der Waals surface area contributed by atoms with Gasteiger partial charge in [-0.1, -0.05) is 12.1 Å². The van der Waals surface area contributed by atoms with Crippen LogP contribution in [0.2, 0.25) is 0 Å². The topological polar surface area (TPSA) is 424 Å². The highest BCUT2D eigenvalue weighted by atomic mass is 32.3. The summed E-state index contributed by atoms with van der Waals surface area (Å²) in [5, 5.41) is 24.3. The number of phenols is 1. The van der Waals surface area contributed by atoms with E-state index in [-0.39, 0.29) is 67.8 Å². The smallest absolute Gasteiger partial charge is 0.397 e. The molecule has 34 heteroatoms. The number of ether oxygens (including phenoxy) is 1. The highest BCUT2D eigenvalue weighted by Crippen LogP contribution is 2.43. The lowest BCUT2D eigenvalue weighted by atomic mass is 10.1. The lowest BCUT2D eigenvalue weighted by molar-refractivity contribution is 0.282. The molecule has 0 amide bonds. The monoisotopic (exact) mass is 1120 g/mol. The quantitative estimate of drug-likeness (QED) is 0.0364. The van der Waals surface area contributed by atoms with Crippen molar-refractivity contribution in [3.63, 3.8) is 0 Å². The van der Waals surface area contributed by atoms with Crippen LogP contribution in [0.5, 0.6) is 11.5 Å². The van der Waals surface area contributed by atoms with Crippen LogP contribution in [0.1, 0.15) is 6.92 Å². The molecular weight excluding hydrogens is 1080 g/mol. The molecule has 6 aromatic rings. The minimum atomic E-state index is -5.22. The zero-order valence-electron chi connectivity index (χ0n) is 36.7. The number of sulfone groups is 2. The first kappa shape index (κ1) is 54.8. The van der Waals surface area contributed by atoms with Gasteiger partial charge in [0.05, 0.1) is 41.6 Å². The van der Waals surface area contributed by atoms with Gasteiger partial charge >= 0.3 is 20.8 Å². The van der Waals surface area contributed by atoms with Gasteiger partial charge < -0.3 is 25.4 Å². The van der Waals surface area contributed by atoms with Gasteiger partial charge in [-0.2, -0.15) is 48.6 Å². The van der Waals surface area contributed by atoms with Crippen molar-refractivity contribution in [1.82, 2.24) is 15.0 Å². The molecule has 0 atom stereocenters. The molecule has 7 N–H and O–H groups in total. The Hall–Kier alpha value is -6.57. The number of nitrogens with zero attached hydrogens (tertiary/aromatic N) is 6. The number of methoxy groups -OCH3 is 1. The Labute approximate surface area is 410 Å². The number of anilines is 6. The number of aromatic nitrogens is 3. The molecule has 6 rings (SSSR count). The van der Waals surface area contributed by atoms with Crippen LogP contribution in [0.15, 0.2) is 121 Å². The zero-order valence-corrected chi connectivity index (χ0v) is 41.6. The van der Waals surface area contributed by atoms with Gasteiger partial charge in [-0.05, 0) is 85.1 Å². The van der Waals surface area contributed by atoms with Crippen LogP contribution in [0.4, 0.5) is 46.3 Å². The van der Waals surface area contributed by atoms with Gasteiger partial charge in [-0.3, -0.25) is 18.2 Å². The molecule has 0 fully saturated rings. The van der Waals surface area contributed by atoms with Crippen molar-refractivity contribution in [2.24, 2.45) is 10.2 Å². The van der Waals surface area contributed by atoms with Crippen molar-refractivity contribution in [2.45, 2.75) is 26.5 Å². The van der Waals surface area contributed by atoms with Crippen LogP contribution in [0, 0.1) is 0 Å². The summed E-state index contributed by atoms with van der Waals surface area (Å²) in [5.74, 6) is -3.34. The van der Waals surface area contributed by atoms with E-state index in [1.54, 1.807) is 6.92 Å². The molecule has 1 aromatic heterocycles. The van der Waals surface area contributed by atoms with Gasteiger partial charge in [0.1, 0.15) is 26.9 Å². The second kappa shape index (κ2) is 21.3. The summed E-state index contributed by atoms with van der Waals surface area (Å²) in [7, 11) is -27.3. The molecule has 0 aliphatic carbocycles. The predicted molar refractivity (Wildman–Crippen MR) is 253 cm³/mol. The molecule has 386 valence electrons. The summed E-state index contributed by atoms with van der Waals surface area (Å²) in [6.45, 7) is -0.169. The Balaban J connectivity index is 1.42. The fraction of sp³-hybridized carbons (Fsp3) is 0.184. The van der Waals surface area contributed by atoms with Crippen LogP contribution >= 0.6 is 0 Å². The molecule has 5 aromatic carbocycles. The standard InChI is InChI=1S/C38H38N8O20S6/c1-3-46(26-7-5-9-29(21-26)68(50,51)17-15-66-72(61,62)63)38-42-36(39-24-6-4-8-28(20-24)67(48,49)16-14-65-71(58,59)60)41-37(43-38)40-25-10-12-30-23(18-25)19-33(70(55,56)57)34(35(30)47)45-44-31-13-11-27(64-2)22-32(31)69(52,53)54/h4-13,18-22,47H,3,14-17H2,1-2H3,(H,52,53,54)(H,55,56,57)(H,58,59,60)(H,61,62,63)(H2,39,40,41,42,43). The Morgan fingerprint density at radius 2 is 1.17 bits per heavy atom. The number of hydrogen-bond donors (Lipinski definition) is 7. The van der Waals surface area contributed by atoms with E-state index in [0.29, 0.717) is 0 Å².